The van der Waals surface area contributed by atoms with Crippen molar-refractivity contribution in [2.45, 2.75) is 11.3 Å². The van der Waals surface area contributed by atoms with Gasteiger partial charge in [-0.1, -0.05) is 72.4 Å². The lowest BCUT2D eigenvalue weighted by molar-refractivity contribution is -0.133. The van der Waals surface area contributed by atoms with Gasteiger partial charge in [0.2, 0.25) is 5.66 Å². The van der Waals surface area contributed by atoms with Gasteiger partial charge in [0, 0.05) is 19.7 Å². The van der Waals surface area contributed by atoms with Gasteiger partial charge in [0.15, 0.2) is 10.8 Å². The Kier molecular flexibility index (Phi) is 4.71. The van der Waals surface area contributed by atoms with Gasteiger partial charge in [-0.05, 0) is 5.56 Å². The predicted molar refractivity (Wildman–Crippen MR) is 111 cm³/mol. The summed E-state index contributed by atoms with van der Waals surface area (Å²) in [6.07, 6.45) is 0. The van der Waals surface area contributed by atoms with Crippen LogP contribution in [0.5, 0.6) is 0 Å². The number of amidine groups is 1. The third kappa shape index (κ3) is 2.69. The molecule has 2 amide bonds. The Bertz CT molecular complexity index is 971. The summed E-state index contributed by atoms with van der Waals surface area (Å²) in [5, 5.41) is 9.48. The van der Waals surface area contributed by atoms with Crippen molar-refractivity contribution in [1.82, 2.24) is 20.7 Å². The second kappa shape index (κ2) is 7.09. The molecule has 8 nitrogen and oxygen atoms in total. The van der Waals surface area contributed by atoms with E-state index in [9.17, 15) is 9.59 Å². The number of benzene rings is 2. The van der Waals surface area contributed by atoms with E-state index in [1.807, 2.05) is 60.7 Å². The number of likely N-dealkylation sites (N-methyl/N-ethyl adjacent to an activating group) is 2. The maximum Gasteiger partial charge on any atom is 0.323 e. The van der Waals surface area contributed by atoms with E-state index in [2.05, 4.69) is 10.9 Å². The summed E-state index contributed by atoms with van der Waals surface area (Å²) >= 11 is 1.07. The summed E-state index contributed by atoms with van der Waals surface area (Å²) in [4.78, 5) is 32.5. The Morgan fingerprint density at radius 2 is 1.62 bits per heavy atom. The van der Waals surface area contributed by atoms with Crippen molar-refractivity contribution in [2.24, 2.45) is 4.99 Å². The van der Waals surface area contributed by atoms with Crippen molar-refractivity contribution in [2.75, 3.05) is 19.8 Å². The Balaban J connectivity index is 1.99. The van der Waals surface area contributed by atoms with Crippen molar-refractivity contribution >= 4 is 28.9 Å². The minimum atomic E-state index is -1.15. The SMILES string of the molecule is CN1C(=O)N(C)[C@@]2(c3ccccc3)NNC(SCC(=O)O)=N[C@]12c1ccccc1. The van der Waals surface area contributed by atoms with Crippen molar-refractivity contribution in [3.05, 3.63) is 71.8 Å². The first kappa shape index (κ1) is 19.3. The van der Waals surface area contributed by atoms with Crippen molar-refractivity contribution in [3.63, 3.8) is 0 Å². The van der Waals surface area contributed by atoms with Crippen LogP contribution in [0.15, 0.2) is 65.7 Å². The van der Waals surface area contributed by atoms with Gasteiger partial charge in [0.25, 0.3) is 0 Å². The molecule has 150 valence electrons. The van der Waals surface area contributed by atoms with Crippen LogP contribution in [0.25, 0.3) is 0 Å². The number of aliphatic imine (C=N–C) groups is 1. The molecule has 9 heteroatoms. The van der Waals surface area contributed by atoms with Crippen LogP contribution >= 0.6 is 11.8 Å². The van der Waals surface area contributed by atoms with Crippen molar-refractivity contribution < 1.29 is 14.7 Å². The van der Waals surface area contributed by atoms with Gasteiger partial charge in [0.05, 0.1) is 5.75 Å². The number of carbonyl (C=O) groups excluding carboxylic acids is 1. The first-order chi connectivity index (χ1) is 13.9. The quantitative estimate of drug-likeness (QED) is 0.712. The zero-order chi connectivity index (χ0) is 20.6. The third-order valence-electron chi connectivity index (χ3n) is 5.38. The van der Waals surface area contributed by atoms with Crippen LogP contribution in [0.2, 0.25) is 0 Å². The highest BCUT2D eigenvalue weighted by molar-refractivity contribution is 8.14. The molecule has 0 spiro atoms. The first-order valence-corrected chi connectivity index (χ1v) is 10.0. The fourth-order valence-corrected chi connectivity index (χ4v) is 4.69. The highest BCUT2D eigenvalue weighted by atomic mass is 32.2. The second-order valence-electron chi connectivity index (χ2n) is 6.86. The average Bonchev–Trinajstić information content (AvgIpc) is 2.93. The molecule has 29 heavy (non-hydrogen) atoms. The average molecular weight is 411 g/mol. The molecule has 2 atom stereocenters. The summed E-state index contributed by atoms with van der Waals surface area (Å²) < 4.78 is 0. The van der Waals surface area contributed by atoms with E-state index in [0.29, 0.717) is 5.17 Å². The number of carbonyl (C=O) groups is 2. The third-order valence-corrected chi connectivity index (χ3v) is 6.24. The normalized spacial score (nSPS) is 26.0. The van der Waals surface area contributed by atoms with E-state index in [1.54, 1.807) is 23.9 Å². The van der Waals surface area contributed by atoms with Gasteiger partial charge in [-0.25, -0.2) is 15.2 Å². The van der Waals surface area contributed by atoms with Crippen LogP contribution in [0.1, 0.15) is 11.1 Å². The first-order valence-electron chi connectivity index (χ1n) is 9.04. The number of nitrogens with zero attached hydrogens (tertiary/aromatic N) is 3. The van der Waals surface area contributed by atoms with Gasteiger partial charge in [-0.2, -0.15) is 0 Å². The minimum absolute atomic E-state index is 0.149. The molecular weight excluding hydrogens is 390 g/mol. The number of rotatable bonds is 4. The number of thioether (sulfide) groups is 1. The maximum absolute atomic E-state index is 13.2. The number of hydrazine groups is 1. The summed E-state index contributed by atoms with van der Waals surface area (Å²) in [5.41, 5.74) is 5.80. The molecule has 2 heterocycles. The van der Waals surface area contributed by atoms with Gasteiger partial charge in [-0.3, -0.25) is 20.0 Å². The van der Waals surface area contributed by atoms with Gasteiger partial charge in [0.1, 0.15) is 0 Å². The van der Waals surface area contributed by atoms with Crippen LogP contribution in [-0.2, 0) is 16.1 Å². The van der Waals surface area contributed by atoms with Crippen LogP contribution in [0, 0.1) is 0 Å². The number of amides is 2. The molecule has 0 saturated carbocycles. The van der Waals surface area contributed by atoms with E-state index in [1.165, 1.54) is 0 Å². The lowest BCUT2D eigenvalue weighted by atomic mass is 9.80. The second-order valence-corrected chi connectivity index (χ2v) is 7.83. The number of carboxylic acids is 1. The number of fused-ring (bicyclic) bond motifs is 1. The Hall–Kier alpha value is -3.04. The topological polar surface area (TPSA) is 97.3 Å². The summed E-state index contributed by atoms with van der Waals surface area (Å²) in [6.45, 7) is 0. The van der Waals surface area contributed by atoms with Crippen LogP contribution in [0.3, 0.4) is 0 Å². The number of aliphatic carboxylic acids is 1. The Labute approximate surface area is 172 Å². The van der Waals surface area contributed by atoms with E-state index in [-0.39, 0.29) is 11.8 Å². The predicted octanol–water partition coefficient (Wildman–Crippen LogP) is 1.97. The number of urea groups is 1. The lowest BCUT2D eigenvalue weighted by Gasteiger charge is -2.50. The van der Waals surface area contributed by atoms with Crippen molar-refractivity contribution in [3.8, 4) is 0 Å². The molecule has 2 aromatic rings. The fourth-order valence-electron chi connectivity index (χ4n) is 4.11. The summed E-state index contributed by atoms with van der Waals surface area (Å²) in [7, 11) is 3.45. The van der Waals surface area contributed by atoms with E-state index in [4.69, 9.17) is 10.1 Å². The zero-order valence-electron chi connectivity index (χ0n) is 16.0. The number of hydrogen-bond acceptors (Lipinski definition) is 6. The number of hydrogen-bond donors (Lipinski definition) is 3. The summed E-state index contributed by atoms with van der Waals surface area (Å²) in [6, 6.07) is 19.0. The highest BCUT2D eigenvalue weighted by Gasteiger charge is 2.69. The van der Waals surface area contributed by atoms with E-state index in [0.717, 1.165) is 22.9 Å². The molecule has 0 aromatic heterocycles. The molecule has 0 aliphatic carbocycles. The van der Waals surface area contributed by atoms with Gasteiger partial charge < -0.3 is 5.11 Å². The van der Waals surface area contributed by atoms with Gasteiger partial charge in [-0.15, -0.1) is 0 Å². The number of carboxylic acid groups (broad SMARTS) is 1. The molecule has 2 aliphatic heterocycles. The lowest BCUT2D eigenvalue weighted by Crippen LogP contribution is -2.70. The fraction of sp³-hybridized carbons (Fsp3) is 0.250. The molecule has 3 N–H and O–H groups in total. The smallest absolute Gasteiger partial charge is 0.323 e. The van der Waals surface area contributed by atoms with Gasteiger partial charge >= 0.3 is 12.0 Å². The number of nitrogens with one attached hydrogen (secondary N) is 2. The Morgan fingerprint density at radius 1 is 1.03 bits per heavy atom. The zero-order valence-corrected chi connectivity index (χ0v) is 16.8. The largest absolute Gasteiger partial charge is 0.481 e. The standard InChI is InChI=1S/C20H21N5O3S/c1-24-18(28)25(2)20(15-11-7-4-8-12-15)19(24,14-9-5-3-6-10-14)21-17(22-23-20)29-13-16(26)27/h3-12,23H,13H2,1-2H3,(H,21,22)(H,26,27)/t19-,20-/m1/s1. The Morgan fingerprint density at radius 3 is 2.21 bits per heavy atom. The van der Waals surface area contributed by atoms with E-state index < -0.39 is 17.3 Å². The van der Waals surface area contributed by atoms with Crippen molar-refractivity contribution in [1.29, 1.82) is 0 Å². The van der Waals surface area contributed by atoms with Crippen LogP contribution < -0.4 is 10.9 Å². The van der Waals surface area contributed by atoms with Crippen LogP contribution in [0.4, 0.5) is 4.79 Å². The molecule has 2 aliphatic rings. The highest BCUT2D eigenvalue weighted by Crippen LogP contribution is 2.53. The van der Waals surface area contributed by atoms with Crippen LogP contribution in [-0.4, -0.2) is 51.9 Å². The van der Waals surface area contributed by atoms with E-state index >= 15 is 0 Å². The molecule has 0 radical (unpaired) electrons. The molecular formula is C20H21N5O3S. The molecule has 4 rings (SSSR count). The molecule has 1 saturated heterocycles. The molecule has 0 bridgehead atoms. The molecule has 2 aromatic carbocycles. The monoisotopic (exact) mass is 411 g/mol. The minimum Gasteiger partial charge on any atom is -0.481 e. The summed E-state index contributed by atoms with van der Waals surface area (Å²) in [5.74, 6) is -1.09. The molecule has 1 fully saturated rings. The maximum atomic E-state index is 13.2. The molecule has 0 unspecified atom stereocenters.